The van der Waals surface area contributed by atoms with Gasteiger partial charge in [-0.15, -0.1) is 11.3 Å². The Morgan fingerprint density at radius 3 is 2.39 bits per heavy atom. The molecule has 4 heteroatoms. The van der Waals surface area contributed by atoms with Gasteiger partial charge in [-0.25, -0.2) is 4.79 Å². The maximum atomic E-state index is 12.6. The zero-order valence-electron chi connectivity index (χ0n) is 12.0. The van der Waals surface area contributed by atoms with E-state index in [1.165, 1.54) is 11.3 Å². The normalized spacial score (nSPS) is 11.0. The largest absolute Gasteiger partial charge is 0.508 e. The first kappa shape index (κ1) is 13.8. The highest BCUT2D eigenvalue weighted by molar-refractivity contribution is 7.13. The Kier molecular flexibility index (Phi) is 3.24. The summed E-state index contributed by atoms with van der Waals surface area (Å²) in [4.78, 5) is 13.5. The van der Waals surface area contributed by atoms with Gasteiger partial charge >= 0.3 is 5.63 Å². The Morgan fingerprint density at radius 2 is 1.65 bits per heavy atom. The molecule has 1 N–H and O–H groups in total. The first-order chi connectivity index (χ1) is 11.2. The van der Waals surface area contributed by atoms with Crippen LogP contribution in [0, 0.1) is 0 Å². The molecular weight excluding hydrogens is 308 g/mol. The van der Waals surface area contributed by atoms with Gasteiger partial charge in [0, 0.05) is 15.8 Å². The van der Waals surface area contributed by atoms with Gasteiger partial charge in [0.15, 0.2) is 0 Å². The van der Waals surface area contributed by atoms with Gasteiger partial charge in [0.05, 0.1) is 5.56 Å². The van der Waals surface area contributed by atoms with Crippen LogP contribution in [0.1, 0.15) is 0 Å². The molecule has 0 spiro atoms. The smallest absolute Gasteiger partial charge is 0.345 e. The van der Waals surface area contributed by atoms with Crippen molar-refractivity contribution in [3.8, 4) is 27.3 Å². The molecule has 0 saturated heterocycles. The number of rotatable bonds is 2. The number of benzene rings is 2. The summed E-state index contributed by atoms with van der Waals surface area (Å²) >= 11 is 1.50. The summed E-state index contributed by atoms with van der Waals surface area (Å²) in [5, 5.41) is 12.4. The molecule has 0 atom stereocenters. The molecule has 4 rings (SSSR count). The van der Waals surface area contributed by atoms with Gasteiger partial charge in [0.2, 0.25) is 0 Å². The van der Waals surface area contributed by atoms with E-state index in [4.69, 9.17) is 4.42 Å². The molecule has 0 amide bonds. The Labute approximate surface area is 136 Å². The maximum Gasteiger partial charge on any atom is 0.345 e. The van der Waals surface area contributed by atoms with E-state index in [1.54, 1.807) is 18.2 Å². The number of fused-ring (bicyclic) bond motifs is 1. The van der Waals surface area contributed by atoms with Crippen molar-refractivity contribution >= 4 is 22.3 Å². The molecule has 0 aliphatic rings. The summed E-state index contributed by atoms with van der Waals surface area (Å²) in [6.45, 7) is 0. The van der Waals surface area contributed by atoms with Gasteiger partial charge < -0.3 is 9.52 Å². The molecular formula is C19H12O3S. The number of hydrogen-bond acceptors (Lipinski definition) is 4. The number of hydrogen-bond donors (Lipinski definition) is 1. The van der Waals surface area contributed by atoms with Crippen LogP contribution in [-0.4, -0.2) is 5.11 Å². The third-order valence-corrected chi connectivity index (χ3v) is 4.62. The lowest BCUT2D eigenvalue weighted by Crippen LogP contribution is -2.05. The fourth-order valence-electron chi connectivity index (χ4n) is 2.72. The summed E-state index contributed by atoms with van der Waals surface area (Å²) in [6, 6.07) is 18.2. The topological polar surface area (TPSA) is 50.4 Å². The number of thiophene rings is 1. The standard InChI is InChI=1S/C19H12O3S/c20-13-9-7-12(8-10-13)17-14-4-1-2-5-15(14)22-19(21)18(17)16-6-3-11-23-16/h1-11,20H. The quantitative estimate of drug-likeness (QED) is 0.535. The molecule has 0 bridgehead atoms. The minimum Gasteiger partial charge on any atom is -0.508 e. The molecule has 0 saturated carbocycles. The minimum atomic E-state index is -0.353. The highest BCUT2D eigenvalue weighted by atomic mass is 32.1. The third kappa shape index (κ3) is 2.33. The van der Waals surface area contributed by atoms with Gasteiger partial charge in [0.1, 0.15) is 11.3 Å². The van der Waals surface area contributed by atoms with Crippen molar-refractivity contribution in [2.24, 2.45) is 0 Å². The molecule has 2 heterocycles. The van der Waals surface area contributed by atoms with Gasteiger partial charge in [-0.3, -0.25) is 0 Å². The Bertz CT molecular complexity index is 1030. The summed E-state index contributed by atoms with van der Waals surface area (Å²) in [5.74, 6) is 0.193. The van der Waals surface area contributed by atoms with Crippen LogP contribution in [-0.2, 0) is 0 Å². The SMILES string of the molecule is O=c1oc2ccccc2c(-c2ccc(O)cc2)c1-c1cccs1. The lowest BCUT2D eigenvalue weighted by atomic mass is 9.96. The molecule has 0 unspecified atom stereocenters. The molecule has 0 radical (unpaired) electrons. The molecule has 23 heavy (non-hydrogen) atoms. The van der Waals surface area contributed by atoms with E-state index in [2.05, 4.69) is 0 Å². The Hall–Kier alpha value is -2.85. The maximum absolute atomic E-state index is 12.6. The number of aromatic hydroxyl groups is 1. The number of para-hydroxylation sites is 1. The fraction of sp³-hybridized carbons (Fsp3) is 0. The Balaban J connectivity index is 2.16. The average molecular weight is 320 g/mol. The van der Waals surface area contributed by atoms with Crippen molar-refractivity contribution in [2.75, 3.05) is 0 Å². The van der Waals surface area contributed by atoms with Crippen molar-refractivity contribution in [1.29, 1.82) is 0 Å². The summed E-state index contributed by atoms with van der Waals surface area (Å²) in [6.07, 6.45) is 0. The van der Waals surface area contributed by atoms with Gasteiger partial charge in [-0.05, 0) is 35.2 Å². The molecule has 4 aromatic rings. The zero-order valence-corrected chi connectivity index (χ0v) is 12.8. The van der Waals surface area contributed by atoms with Crippen LogP contribution < -0.4 is 5.63 Å². The summed E-state index contributed by atoms with van der Waals surface area (Å²) < 4.78 is 5.50. The van der Waals surface area contributed by atoms with Crippen molar-refractivity contribution in [1.82, 2.24) is 0 Å². The predicted molar refractivity (Wildman–Crippen MR) is 92.9 cm³/mol. The van der Waals surface area contributed by atoms with E-state index in [9.17, 15) is 9.90 Å². The van der Waals surface area contributed by atoms with E-state index >= 15 is 0 Å². The first-order valence-corrected chi connectivity index (χ1v) is 8.01. The minimum absolute atomic E-state index is 0.193. The fourth-order valence-corrected chi connectivity index (χ4v) is 3.49. The molecule has 3 nitrogen and oxygen atoms in total. The van der Waals surface area contributed by atoms with Gasteiger partial charge in [0.25, 0.3) is 0 Å². The molecule has 0 fully saturated rings. The lowest BCUT2D eigenvalue weighted by molar-refractivity contribution is 0.475. The molecule has 0 aliphatic carbocycles. The average Bonchev–Trinajstić information content (AvgIpc) is 3.08. The van der Waals surface area contributed by atoms with E-state index in [0.29, 0.717) is 11.1 Å². The number of phenols is 1. The summed E-state index contributed by atoms with van der Waals surface area (Å²) in [5.41, 5.74) is 2.47. The molecule has 2 aromatic heterocycles. The van der Waals surface area contributed by atoms with E-state index < -0.39 is 0 Å². The van der Waals surface area contributed by atoms with Crippen LogP contribution in [0.5, 0.6) is 5.75 Å². The van der Waals surface area contributed by atoms with Crippen LogP contribution in [0.2, 0.25) is 0 Å². The molecule has 2 aromatic carbocycles. The molecule has 0 aliphatic heterocycles. The predicted octanol–water partition coefficient (Wildman–Crippen LogP) is 4.89. The van der Waals surface area contributed by atoms with Crippen LogP contribution in [0.15, 0.2) is 75.3 Å². The van der Waals surface area contributed by atoms with Gasteiger partial charge in [-0.2, -0.15) is 0 Å². The third-order valence-electron chi connectivity index (χ3n) is 3.74. The first-order valence-electron chi connectivity index (χ1n) is 7.13. The monoisotopic (exact) mass is 320 g/mol. The molecule has 112 valence electrons. The van der Waals surface area contributed by atoms with Crippen molar-refractivity contribution in [2.45, 2.75) is 0 Å². The second-order valence-electron chi connectivity index (χ2n) is 5.16. The lowest BCUT2D eigenvalue weighted by Gasteiger charge is -2.11. The van der Waals surface area contributed by atoms with E-state index in [0.717, 1.165) is 21.4 Å². The van der Waals surface area contributed by atoms with Crippen molar-refractivity contribution < 1.29 is 9.52 Å². The van der Waals surface area contributed by atoms with Crippen LogP contribution in [0.4, 0.5) is 0 Å². The second kappa shape index (κ2) is 5.41. The van der Waals surface area contributed by atoms with Gasteiger partial charge in [-0.1, -0.05) is 36.4 Å². The van der Waals surface area contributed by atoms with E-state index in [-0.39, 0.29) is 11.4 Å². The highest BCUT2D eigenvalue weighted by Crippen LogP contribution is 2.37. The van der Waals surface area contributed by atoms with Crippen LogP contribution in [0.3, 0.4) is 0 Å². The van der Waals surface area contributed by atoms with Crippen molar-refractivity contribution in [3.05, 3.63) is 76.5 Å². The van der Waals surface area contributed by atoms with Crippen molar-refractivity contribution in [3.63, 3.8) is 0 Å². The summed E-state index contributed by atoms with van der Waals surface area (Å²) in [7, 11) is 0. The number of phenolic OH excluding ortho intramolecular Hbond substituents is 1. The van der Waals surface area contributed by atoms with Crippen LogP contribution in [0.25, 0.3) is 32.5 Å². The van der Waals surface area contributed by atoms with Crippen LogP contribution >= 0.6 is 11.3 Å². The van der Waals surface area contributed by atoms with E-state index in [1.807, 2.05) is 47.8 Å². The highest BCUT2D eigenvalue weighted by Gasteiger charge is 2.18. The Morgan fingerprint density at radius 1 is 0.870 bits per heavy atom. The second-order valence-corrected chi connectivity index (χ2v) is 6.11. The zero-order chi connectivity index (χ0) is 15.8.